The smallest absolute Gasteiger partial charge is 0.0677 e. The molecule has 0 aromatic carbocycles. The number of rotatable bonds is 5. The standard InChI is InChI=1S/C16H27NO2/c1-2-10-18-13-16-8-4-11-19-15(16)7-9-17(12-16)14-5-3-6-14/h2,14-15H,1,3-13H2. The zero-order valence-electron chi connectivity index (χ0n) is 12.0. The molecule has 0 amide bonds. The summed E-state index contributed by atoms with van der Waals surface area (Å²) in [5.74, 6) is 0. The summed E-state index contributed by atoms with van der Waals surface area (Å²) in [6.07, 6.45) is 10.1. The highest BCUT2D eigenvalue weighted by atomic mass is 16.5. The lowest BCUT2D eigenvalue weighted by atomic mass is 9.72. The lowest BCUT2D eigenvalue weighted by molar-refractivity contribution is -0.159. The maximum Gasteiger partial charge on any atom is 0.0677 e. The molecule has 0 spiro atoms. The fourth-order valence-electron chi connectivity index (χ4n) is 3.94. The number of likely N-dealkylation sites (tertiary alicyclic amines) is 1. The zero-order chi connectivity index (χ0) is 13.1. The Morgan fingerprint density at radius 2 is 2.21 bits per heavy atom. The van der Waals surface area contributed by atoms with Crippen molar-refractivity contribution in [2.45, 2.75) is 50.7 Å². The fraction of sp³-hybridized carbons (Fsp3) is 0.875. The summed E-state index contributed by atoms with van der Waals surface area (Å²) >= 11 is 0. The number of piperidine rings is 1. The van der Waals surface area contributed by atoms with Crippen molar-refractivity contribution in [2.24, 2.45) is 5.41 Å². The topological polar surface area (TPSA) is 21.7 Å². The van der Waals surface area contributed by atoms with Crippen molar-refractivity contribution >= 4 is 0 Å². The van der Waals surface area contributed by atoms with Crippen LogP contribution in [-0.4, -0.2) is 50.0 Å². The van der Waals surface area contributed by atoms with E-state index in [1.54, 1.807) is 0 Å². The molecule has 0 bridgehead atoms. The molecule has 2 heterocycles. The minimum Gasteiger partial charge on any atom is -0.377 e. The van der Waals surface area contributed by atoms with Crippen LogP contribution < -0.4 is 0 Å². The molecule has 3 fully saturated rings. The van der Waals surface area contributed by atoms with Crippen molar-refractivity contribution in [1.29, 1.82) is 0 Å². The molecule has 0 radical (unpaired) electrons. The van der Waals surface area contributed by atoms with Gasteiger partial charge in [-0.3, -0.25) is 4.90 Å². The van der Waals surface area contributed by atoms with Gasteiger partial charge in [-0.15, -0.1) is 6.58 Å². The first-order chi connectivity index (χ1) is 9.34. The Hall–Kier alpha value is -0.380. The third-order valence-corrected chi connectivity index (χ3v) is 5.23. The van der Waals surface area contributed by atoms with Crippen molar-refractivity contribution in [2.75, 3.05) is 32.9 Å². The number of hydrogen-bond donors (Lipinski definition) is 0. The van der Waals surface area contributed by atoms with Gasteiger partial charge in [0.05, 0.1) is 19.3 Å². The third-order valence-electron chi connectivity index (χ3n) is 5.23. The van der Waals surface area contributed by atoms with Gasteiger partial charge in [0.1, 0.15) is 0 Å². The highest BCUT2D eigenvalue weighted by Crippen LogP contribution is 2.42. The minimum absolute atomic E-state index is 0.245. The first-order valence-corrected chi connectivity index (χ1v) is 7.88. The third kappa shape index (κ3) is 2.74. The minimum atomic E-state index is 0.245. The summed E-state index contributed by atoms with van der Waals surface area (Å²) in [4.78, 5) is 2.71. The molecule has 108 valence electrons. The average Bonchev–Trinajstić information content (AvgIpc) is 2.37. The van der Waals surface area contributed by atoms with E-state index in [1.165, 1.54) is 51.6 Å². The van der Waals surface area contributed by atoms with Crippen LogP contribution in [0, 0.1) is 5.41 Å². The van der Waals surface area contributed by atoms with Crippen molar-refractivity contribution < 1.29 is 9.47 Å². The lowest BCUT2D eigenvalue weighted by Crippen LogP contribution is -2.59. The van der Waals surface area contributed by atoms with E-state index in [2.05, 4.69) is 11.5 Å². The molecule has 3 nitrogen and oxygen atoms in total. The molecule has 0 aromatic rings. The Kier molecular flexibility index (Phi) is 4.25. The van der Waals surface area contributed by atoms with Crippen LogP contribution in [0.1, 0.15) is 38.5 Å². The highest BCUT2D eigenvalue weighted by molar-refractivity contribution is 4.99. The molecular formula is C16H27NO2. The van der Waals surface area contributed by atoms with Crippen molar-refractivity contribution in [1.82, 2.24) is 4.90 Å². The monoisotopic (exact) mass is 265 g/mol. The van der Waals surface area contributed by atoms with Gasteiger partial charge in [0.25, 0.3) is 0 Å². The number of nitrogens with zero attached hydrogens (tertiary/aromatic N) is 1. The van der Waals surface area contributed by atoms with Crippen LogP contribution in [0.4, 0.5) is 0 Å². The molecule has 0 N–H and O–H groups in total. The van der Waals surface area contributed by atoms with Gasteiger partial charge < -0.3 is 9.47 Å². The molecule has 2 unspecified atom stereocenters. The summed E-state index contributed by atoms with van der Waals surface area (Å²) in [5.41, 5.74) is 0.245. The number of hydrogen-bond acceptors (Lipinski definition) is 3. The molecule has 3 heteroatoms. The quantitative estimate of drug-likeness (QED) is 0.563. The van der Waals surface area contributed by atoms with Crippen LogP contribution in [0.2, 0.25) is 0 Å². The first kappa shape index (κ1) is 13.6. The number of fused-ring (bicyclic) bond motifs is 1. The molecule has 2 atom stereocenters. The second-order valence-electron chi connectivity index (χ2n) is 6.47. The van der Waals surface area contributed by atoms with Crippen molar-refractivity contribution in [3.63, 3.8) is 0 Å². The van der Waals surface area contributed by atoms with Crippen LogP contribution in [-0.2, 0) is 9.47 Å². The molecule has 3 aliphatic rings. The zero-order valence-corrected chi connectivity index (χ0v) is 12.0. The van der Waals surface area contributed by atoms with Gasteiger partial charge in [-0.05, 0) is 32.1 Å². The average molecular weight is 265 g/mol. The Morgan fingerprint density at radius 3 is 2.95 bits per heavy atom. The summed E-state index contributed by atoms with van der Waals surface area (Å²) in [6, 6.07) is 0.846. The van der Waals surface area contributed by atoms with Crippen LogP contribution >= 0.6 is 0 Å². The maximum absolute atomic E-state index is 6.06. The summed E-state index contributed by atoms with van der Waals surface area (Å²) < 4.78 is 11.9. The normalized spacial score (nSPS) is 36.5. The Labute approximate surface area is 116 Å². The van der Waals surface area contributed by atoms with E-state index in [1.807, 2.05) is 6.08 Å². The predicted octanol–water partition coefficient (Wildman–Crippen LogP) is 2.61. The van der Waals surface area contributed by atoms with E-state index in [-0.39, 0.29) is 5.41 Å². The molecule has 3 rings (SSSR count). The van der Waals surface area contributed by atoms with Crippen LogP contribution in [0.25, 0.3) is 0 Å². The largest absolute Gasteiger partial charge is 0.377 e. The van der Waals surface area contributed by atoms with Crippen molar-refractivity contribution in [3.8, 4) is 0 Å². The van der Waals surface area contributed by atoms with Crippen molar-refractivity contribution in [3.05, 3.63) is 12.7 Å². The Bertz CT molecular complexity index is 316. The molecular weight excluding hydrogens is 238 g/mol. The van der Waals surface area contributed by atoms with Gasteiger partial charge in [0, 0.05) is 31.2 Å². The van der Waals surface area contributed by atoms with Gasteiger partial charge in [-0.2, -0.15) is 0 Å². The maximum atomic E-state index is 6.06. The summed E-state index contributed by atoms with van der Waals surface area (Å²) in [5, 5.41) is 0. The van der Waals surface area contributed by atoms with Crippen LogP contribution in [0.3, 0.4) is 0 Å². The second-order valence-corrected chi connectivity index (χ2v) is 6.47. The summed E-state index contributed by atoms with van der Waals surface area (Å²) in [6.45, 7) is 8.59. The molecule has 2 saturated heterocycles. The predicted molar refractivity (Wildman–Crippen MR) is 76.3 cm³/mol. The Morgan fingerprint density at radius 1 is 1.32 bits per heavy atom. The molecule has 1 saturated carbocycles. The van der Waals surface area contributed by atoms with E-state index in [9.17, 15) is 0 Å². The number of ether oxygens (including phenoxy) is 2. The van der Waals surface area contributed by atoms with Gasteiger partial charge in [0.2, 0.25) is 0 Å². The van der Waals surface area contributed by atoms with E-state index in [0.717, 1.165) is 19.3 Å². The molecule has 19 heavy (non-hydrogen) atoms. The van der Waals surface area contributed by atoms with E-state index < -0.39 is 0 Å². The lowest BCUT2D eigenvalue weighted by Gasteiger charge is -2.53. The fourth-order valence-corrected chi connectivity index (χ4v) is 3.94. The molecule has 1 aliphatic carbocycles. The SMILES string of the molecule is C=CCOCC12CCCOC1CCN(C1CCC1)C2. The van der Waals surface area contributed by atoms with Gasteiger partial charge in [-0.1, -0.05) is 12.5 Å². The Balaban J connectivity index is 1.66. The van der Waals surface area contributed by atoms with Gasteiger partial charge in [-0.25, -0.2) is 0 Å². The van der Waals surface area contributed by atoms with E-state index in [4.69, 9.17) is 9.47 Å². The molecule has 0 aromatic heterocycles. The summed E-state index contributed by atoms with van der Waals surface area (Å²) in [7, 11) is 0. The van der Waals surface area contributed by atoms with Crippen LogP contribution in [0.15, 0.2) is 12.7 Å². The van der Waals surface area contributed by atoms with E-state index in [0.29, 0.717) is 12.7 Å². The van der Waals surface area contributed by atoms with Gasteiger partial charge in [0.15, 0.2) is 0 Å². The van der Waals surface area contributed by atoms with Gasteiger partial charge >= 0.3 is 0 Å². The van der Waals surface area contributed by atoms with E-state index >= 15 is 0 Å². The first-order valence-electron chi connectivity index (χ1n) is 7.88. The molecule has 2 aliphatic heterocycles. The highest BCUT2D eigenvalue weighted by Gasteiger charge is 2.47. The van der Waals surface area contributed by atoms with Crippen LogP contribution in [0.5, 0.6) is 0 Å². The second kappa shape index (κ2) is 5.94.